The molecule has 2 aliphatic rings. The number of carbonyl (C=O) groups is 1. The molecular weight excluding hydrogens is 478 g/mol. The summed E-state index contributed by atoms with van der Waals surface area (Å²) in [5, 5.41) is 37.2. The first kappa shape index (κ1) is 24.9. The van der Waals surface area contributed by atoms with Gasteiger partial charge in [-0.25, -0.2) is 14.6 Å². The van der Waals surface area contributed by atoms with Gasteiger partial charge in [-0.3, -0.25) is 4.79 Å². The smallest absolute Gasteiger partial charge is 0.226 e. The lowest BCUT2D eigenvalue weighted by atomic mass is 10.0. The zero-order chi connectivity index (χ0) is 25.4. The van der Waals surface area contributed by atoms with E-state index in [2.05, 4.69) is 52.1 Å². The molecular formula is C25H33N7O3S. The van der Waals surface area contributed by atoms with Crippen LogP contribution in [0.4, 0.5) is 5.82 Å². The number of nitrogens with zero attached hydrogens (tertiary/aromatic N) is 5. The molecule has 0 aliphatic heterocycles. The monoisotopic (exact) mass is 511 g/mol. The van der Waals surface area contributed by atoms with Crippen LogP contribution in [0.15, 0.2) is 35.5 Å². The lowest BCUT2D eigenvalue weighted by molar-refractivity contribution is -0.129. The number of benzene rings is 1. The molecule has 2 heterocycles. The number of aromatic nitrogens is 5. The predicted molar refractivity (Wildman–Crippen MR) is 138 cm³/mol. The van der Waals surface area contributed by atoms with Gasteiger partial charge < -0.3 is 20.8 Å². The molecule has 1 amide bonds. The minimum atomic E-state index is -1.19. The Morgan fingerprint density at radius 3 is 2.67 bits per heavy atom. The topological polar surface area (TPSA) is 138 Å². The van der Waals surface area contributed by atoms with Crippen LogP contribution in [0.3, 0.4) is 0 Å². The van der Waals surface area contributed by atoms with E-state index in [1.165, 1.54) is 5.56 Å². The number of amides is 1. The van der Waals surface area contributed by atoms with Gasteiger partial charge in [-0.05, 0) is 38.7 Å². The van der Waals surface area contributed by atoms with Crippen LogP contribution in [0.25, 0.3) is 11.2 Å². The first-order chi connectivity index (χ1) is 17.4. The Morgan fingerprint density at radius 1 is 1.17 bits per heavy atom. The number of hydrogen-bond donors (Lipinski definition) is 4. The third-order valence-corrected chi connectivity index (χ3v) is 7.87. The highest BCUT2D eigenvalue weighted by Crippen LogP contribution is 2.43. The summed E-state index contributed by atoms with van der Waals surface area (Å²) in [5.41, 5.74) is 2.30. The van der Waals surface area contributed by atoms with E-state index in [0.717, 1.165) is 18.6 Å². The van der Waals surface area contributed by atoms with Gasteiger partial charge in [0.2, 0.25) is 5.91 Å². The molecule has 2 aromatic heterocycles. The molecule has 10 nitrogen and oxygen atoms in total. The zero-order valence-corrected chi connectivity index (χ0v) is 21.5. The number of fused-ring (bicyclic) bond motifs is 1. The minimum Gasteiger partial charge on any atom is -0.390 e. The van der Waals surface area contributed by atoms with Gasteiger partial charge in [-0.1, -0.05) is 54.2 Å². The van der Waals surface area contributed by atoms with Crippen molar-refractivity contribution in [2.45, 2.75) is 81.4 Å². The summed E-state index contributed by atoms with van der Waals surface area (Å²) in [6.07, 6.45) is -0.143. The maximum absolute atomic E-state index is 12.6. The molecule has 36 heavy (non-hydrogen) atoms. The van der Waals surface area contributed by atoms with E-state index in [4.69, 9.17) is 9.97 Å². The molecule has 3 aromatic rings. The number of rotatable bonds is 9. The molecule has 5 rings (SSSR count). The Morgan fingerprint density at radius 2 is 1.94 bits per heavy atom. The van der Waals surface area contributed by atoms with Crippen molar-refractivity contribution in [3.63, 3.8) is 0 Å². The van der Waals surface area contributed by atoms with Gasteiger partial charge in [0.15, 0.2) is 22.1 Å². The predicted octanol–water partition coefficient (Wildman–Crippen LogP) is 2.50. The Bertz CT molecular complexity index is 1220. The lowest BCUT2D eigenvalue weighted by Gasteiger charge is -2.18. The average Bonchev–Trinajstić information content (AvgIpc) is 3.40. The molecule has 11 heteroatoms. The van der Waals surface area contributed by atoms with Crippen LogP contribution in [-0.4, -0.2) is 71.1 Å². The van der Waals surface area contributed by atoms with Crippen molar-refractivity contribution < 1.29 is 15.0 Å². The zero-order valence-electron chi connectivity index (χ0n) is 20.7. The van der Waals surface area contributed by atoms with Crippen LogP contribution < -0.4 is 10.6 Å². The molecule has 2 saturated carbocycles. The summed E-state index contributed by atoms with van der Waals surface area (Å²) in [7, 11) is 0. The molecule has 6 atom stereocenters. The van der Waals surface area contributed by atoms with Gasteiger partial charge in [0.1, 0.15) is 6.10 Å². The van der Waals surface area contributed by atoms with E-state index >= 15 is 0 Å². The molecule has 0 radical (unpaired) electrons. The number of aliphatic hydroxyl groups excluding tert-OH is 2. The van der Waals surface area contributed by atoms with Gasteiger partial charge in [0, 0.05) is 23.8 Å². The lowest BCUT2D eigenvalue weighted by Crippen LogP contribution is -2.40. The number of nitrogens with one attached hydrogen (secondary N) is 2. The van der Waals surface area contributed by atoms with Gasteiger partial charge >= 0.3 is 0 Å². The van der Waals surface area contributed by atoms with Crippen LogP contribution in [0.5, 0.6) is 0 Å². The quantitative estimate of drug-likeness (QED) is 0.252. The molecule has 1 aromatic carbocycles. The first-order valence-corrected chi connectivity index (χ1v) is 13.6. The van der Waals surface area contributed by atoms with Crippen molar-refractivity contribution in [2.24, 2.45) is 5.92 Å². The highest BCUT2D eigenvalue weighted by molar-refractivity contribution is 7.99. The molecule has 0 saturated heterocycles. The van der Waals surface area contributed by atoms with Crippen LogP contribution in [0.2, 0.25) is 0 Å². The largest absolute Gasteiger partial charge is 0.390 e. The number of carbonyl (C=O) groups excluding carboxylic acids is 1. The van der Waals surface area contributed by atoms with Crippen molar-refractivity contribution in [3.05, 3.63) is 35.9 Å². The second-order valence-electron chi connectivity index (χ2n) is 9.97. The Balaban J connectivity index is 1.44. The number of aliphatic hydroxyl groups is 2. The fraction of sp³-hybridized carbons (Fsp3) is 0.560. The number of thioether (sulfide) groups is 1. The molecule has 2 aliphatic carbocycles. The maximum atomic E-state index is 12.6. The number of anilines is 1. The third-order valence-electron chi connectivity index (χ3n) is 6.81. The molecule has 4 N–H and O–H groups in total. The highest BCUT2D eigenvalue weighted by atomic mass is 32.2. The Kier molecular flexibility index (Phi) is 7.14. The fourth-order valence-corrected chi connectivity index (χ4v) is 5.59. The summed E-state index contributed by atoms with van der Waals surface area (Å²) in [6.45, 7) is 5.83. The highest BCUT2D eigenvalue weighted by Gasteiger charge is 2.47. The van der Waals surface area contributed by atoms with Crippen molar-refractivity contribution in [1.82, 2.24) is 30.3 Å². The SMILES string of the molecule is CCCSc1nc(NC2CC2c2ccccc2)c2nnn([C@H]3C[C@@H](C(=O)NC(C)C)[C@H](O)[C@@H]3O)c2n1. The van der Waals surface area contributed by atoms with E-state index in [1.807, 2.05) is 19.9 Å². The summed E-state index contributed by atoms with van der Waals surface area (Å²) in [5.74, 6) is 0.879. The van der Waals surface area contributed by atoms with E-state index < -0.39 is 24.2 Å². The summed E-state index contributed by atoms with van der Waals surface area (Å²) in [4.78, 5) is 22.1. The van der Waals surface area contributed by atoms with Gasteiger partial charge in [-0.15, -0.1) is 5.10 Å². The first-order valence-electron chi connectivity index (χ1n) is 12.6. The van der Waals surface area contributed by atoms with Crippen molar-refractivity contribution in [1.29, 1.82) is 0 Å². The maximum Gasteiger partial charge on any atom is 0.226 e. The second kappa shape index (κ2) is 10.3. The van der Waals surface area contributed by atoms with E-state index in [9.17, 15) is 15.0 Å². The minimum absolute atomic E-state index is 0.0604. The Hall–Kier alpha value is -2.76. The molecule has 2 fully saturated rings. The Labute approximate surface area is 214 Å². The van der Waals surface area contributed by atoms with Crippen LogP contribution in [0.1, 0.15) is 57.6 Å². The van der Waals surface area contributed by atoms with Crippen molar-refractivity contribution in [2.75, 3.05) is 11.1 Å². The van der Waals surface area contributed by atoms with E-state index in [1.54, 1.807) is 16.4 Å². The third kappa shape index (κ3) is 4.91. The molecule has 0 bridgehead atoms. The van der Waals surface area contributed by atoms with Gasteiger partial charge in [0.05, 0.1) is 18.1 Å². The van der Waals surface area contributed by atoms with E-state index in [-0.39, 0.29) is 24.4 Å². The molecule has 192 valence electrons. The van der Waals surface area contributed by atoms with Crippen molar-refractivity contribution in [3.8, 4) is 0 Å². The van der Waals surface area contributed by atoms with Crippen LogP contribution in [-0.2, 0) is 4.79 Å². The molecule has 2 unspecified atom stereocenters. The summed E-state index contributed by atoms with van der Waals surface area (Å²) in [6, 6.07) is 9.95. The normalized spacial score (nSPS) is 27.5. The van der Waals surface area contributed by atoms with Crippen LogP contribution >= 0.6 is 11.8 Å². The summed E-state index contributed by atoms with van der Waals surface area (Å²) >= 11 is 1.56. The van der Waals surface area contributed by atoms with Crippen molar-refractivity contribution >= 4 is 34.7 Å². The summed E-state index contributed by atoms with van der Waals surface area (Å²) < 4.78 is 1.55. The number of hydrogen-bond acceptors (Lipinski definition) is 9. The van der Waals surface area contributed by atoms with Gasteiger partial charge in [-0.2, -0.15) is 0 Å². The standard InChI is InChI=1S/C25H33N7O3S/c1-4-10-36-25-28-22(27-17-11-15(17)14-8-6-5-7-9-14)19-23(29-25)32(31-30-19)18-12-16(20(33)21(18)34)24(35)26-13(2)3/h5-9,13,15-18,20-21,33-34H,4,10-12H2,1-3H3,(H,26,35)(H,27,28,29)/t15?,16-,17?,18+,20+,21-/m1/s1. The molecule has 0 spiro atoms. The second-order valence-corrected chi connectivity index (χ2v) is 11.0. The van der Waals surface area contributed by atoms with Gasteiger partial charge in [0.25, 0.3) is 0 Å². The van der Waals surface area contributed by atoms with E-state index in [0.29, 0.717) is 28.1 Å². The fourth-order valence-electron chi connectivity index (χ4n) is 4.89. The average molecular weight is 512 g/mol. The van der Waals surface area contributed by atoms with Crippen LogP contribution in [0, 0.1) is 5.92 Å².